The van der Waals surface area contributed by atoms with E-state index in [-0.39, 0.29) is 11.9 Å². The van der Waals surface area contributed by atoms with E-state index in [0.29, 0.717) is 11.2 Å². The molecule has 3 heteroatoms. The van der Waals surface area contributed by atoms with Crippen LogP contribution in [-0.4, -0.2) is 17.2 Å². The summed E-state index contributed by atoms with van der Waals surface area (Å²) in [6, 6.07) is 0. The van der Waals surface area contributed by atoms with Gasteiger partial charge < -0.3 is 0 Å². The predicted octanol–water partition coefficient (Wildman–Crippen LogP) is 7.67. The summed E-state index contributed by atoms with van der Waals surface area (Å²) in [5, 5.41) is 0.797. The Morgan fingerprint density at radius 2 is 1.29 bits per heavy atom. The van der Waals surface area contributed by atoms with Crippen molar-refractivity contribution in [1.82, 2.24) is 0 Å². The van der Waals surface area contributed by atoms with Gasteiger partial charge in [-0.25, -0.2) is 4.39 Å². The predicted molar refractivity (Wildman–Crippen MR) is 101 cm³/mol. The molecule has 0 bridgehead atoms. The number of hydrogen-bond acceptors (Lipinski definition) is 2. The molecular weight excluding hydrogens is 299 g/mol. The summed E-state index contributed by atoms with van der Waals surface area (Å²) in [5.41, 5.74) is 0. The lowest BCUT2D eigenvalue weighted by molar-refractivity contribution is 0.345. The lowest BCUT2D eigenvalue weighted by Gasteiger charge is -2.25. The summed E-state index contributed by atoms with van der Waals surface area (Å²) in [6.07, 6.45) is 12.9. The van der Waals surface area contributed by atoms with Crippen LogP contribution in [0.4, 0.5) is 4.39 Å². The first-order valence-corrected chi connectivity index (χ1v) is 11.3. The summed E-state index contributed by atoms with van der Waals surface area (Å²) in [6.45, 7) is 8.75. The molecule has 0 saturated carbocycles. The molecule has 0 aliphatic heterocycles. The highest BCUT2D eigenvalue weighted by atomic mass is 33.1. The lowest BCUT2D eigenvalue weighted by atomic mass is 9.92. The van der Waals surface area contributed by atoms with Crippen LogP contribution >= 0.6 is 21.6 Å². The maximum atomic E-state index is 13.5. The van der Waals surface area contributed by atoms with E-state index >= 15 is 0 Å². The molecule has 0 heterocycles. The lowest BCUT2D eigenvalue weighted by Crippen LogP contribution is -2.19. The molecular formula is C18H37FS2. The quantitative estimate of drug-likeness (QED) is 0.222. The SMILES string of the molecule is CCCCCCC(CCCCCC)[C@H](CF)SSC(C)C. The minimum absolute atomic E-state index is 0.156. The Balaban J connectivity index is 4.21. The van der Waals surface area contributed by atoms with Gasteiger partial charge in [-0.1, -0.05) is 101 Å². The molecule has 21 heavy (non-hydrogen) atoms. The molecule has 0 amide bonds. The average molecular weight is 337 g/mol. The Hall–Kier alpha value is 0.630. The van der Waals surface area contributed by atoms with Gasteiger partial charge in [0.05, 0.1) is 0 Å². The van der Waals surface area contributed by atoms with Crippen LogP contribution in [0.15, 0.2) is 0 Å². The van der Waals surface area contributed by atoms with Gasteiger partial charge in [0.25, 0.3) is 0 Å². The highest BCUT2D eigenvalue weighted by Crippen LogP contribution is 2.38. The van der Waals surface area contributed by atoms with Crippen LogP contribution in [0.5, 0.6) is 0 Å². The fourth-order valence-corrected chi connectivity index (χ4v) is 5.16. The number of alkyl halides is 1. The summed E-state index contributed by atoms with van der Waals surface area (Å²) < 4.78 is 13.5. The first-order valence-electron chi connectivity index (χ1n) is 9.03. The van der Waals surface area contributed by atoms with Crippen molar-refractivity contribution in [1.29, 1.82) is 0 Å². The fraction of sp³-hybridized carbons (Fsp3) is 1.00. The third-order valence-electron chi connectivity index (χ3n) is 3.91. The minimum Gasteiger partial charge on any atom is -0.250 e. The molecule has 0 aromatic carbocycles. The van der Waals surface area contributed by atoms with Crippen molar-refractivity contribution in [2.24, 2.45) is 5.92 Å². The Kier molecular flexibility index (Phi) is 16.0. The number of hydrogen-bond donors (Lipinski definition) is 0. The van der Waals surface area contributed by atoms with Crippen molar-refractivity contribution in [2.45, 2.75) is 102 Å². The zero-order chi connectivity index (χ0) is 15.9. The van der Waals surface area contributed by atoms with E-state index < -0.39 is 0 Å². The highest BCUT2D eigenvalue weighted by molar-refractivity contribution is 8.77. The van der Waals surface area contributed by atoms with Gasteiger partial charge in [0.15, 0.2) is 0 Å². The second kappa shape index (κ2) is 15.5. The third kappa shape index (κ3) is 12.8. The van der Waals surface area contributed by atoms with Gasteiger partial charge in [-0.15, -0.1) is 0 Å². The molecule has 0 aromatic rings. The molecule has 0 radical (unpaired) electrons. The van der Waals surface area contributed by atoms with Crippen molar-refractivity contribution in [2.75, 3.05) is 6.67 Å². The van der Waals surface area contributed by atoms with Gasteiger partial charge in [-0.05, 0) is 18.8 Å². The summed E-state index contributed by atoms with van der Waals surface area (Å²) in [5.74, 6) is 0.583. The number of rotatable bonds is 15. The van der Waals surface area contributed by atoms with E-state index in [9.17, 15) is 4.39 Å². The molecule has 0 nitrogen and oxygen atoms in total. The zero-order valence-electron chi connectivity index (χ0n) is 14.7. The molecule has 0 rings (SSSR count). The first-order chi connectivity index (χ1) is 10.2. The van der Waals surface area contributed by atoms with E-state index in [2.05, 4.69) is 27.7 Å². The van der Waals surface area contributed by atoms with E-state index in [1.807, 2.05) is 10.8 Å². The first kappa shape index (κ1) is 21.6. The second-order valence-electron chi connectivity index (χ2n) is 6.39. The second-order valence-corrected chi connectivity index (χ2v) is 9.48. The largest absolute Gasteiger partial charge is 0.250 e. The molecule has 0 aliphatic carbocycles. The number of unbranched alkanes of at least 4 members (excludes halogenated alkanes) is 6. The van der Waals surface area contributed by atoms with Gasteiger partial charge in [-0.3, -0.25) is 0 Å². The van der Waals surface area contributed by atoms with Crippen LogP contribution in [0.25, 0.3) is 0 Å². The van der Waals surface area contributed by atoms with E-state index in [4.69, 9.17) is 0 Å². The summed E-state index contributed by atoms with van der Waals surface area (Å²) >= 11 is 0. The fourth-order valence-electron chi connectivity index (χ4n) is 2.60. The Labute approximate surface area is 141 Å². The van der Waals surface area contributed by atoms with Crippen LogP contribution in [0.1, 0.15) is 91.9 Å². The average Bonchev–Trinajstić information content (AvgIpc) is 2.47. The van der Waals surface area contributed by atoms with Crippen LogP contribution in [0.3, 0.4) is 0 Å². The van der Waals surface area contributed by atoms with Gasteiger partial charge in [0, 0.05) is 10.5 Å². The van der Waals surface area contributed by atoms with Gasteiger partial charge >= 0.3 is 0 Å². The summed E-state index contributed by atoms with van der Waals surface area (Å²) in [7, 11) is 3.66. The maximum absolute atomic E-state index is 13.5. The molecule has 0 saturated heterocycles. The monoisotopic (exact) mass is 336 g/mol. The molecule has 0 fully saturated rings. The van der Waals surface area contributed by atoms with Gasteiger partial charge in [-0.2, -0.15) is 0 Å². The smallest absolute Gasteiger partial charge is 0.102 e. The van der Waals surface area contributed by atoms with Gasteiger partial charge in [0.2, 0.25) is 0 Å². The normalized spacial score (nSPS) is 13.3. The van der Waals surface area contributed by atoms with Crippen LogP contribution in [0.2, 0.25) is 0 Å². The van der Waals surface area contributed by atoms with Crippen LogP contribution < -0.4 is 0 Å². The Morgan fingerprint density at radius 3 is 1.67 bits per heavy atom. The van der Waals surface area contributed by atoms with Crippen molar-refractivity contribution >= 4 is 21.6 Å². The van der Waals surface area contributed by atoms with Crippen LogP contribution in [-0.2, 0) is 0 Å². The van der Waals surface area contributed by atoms with Crippen molar-refractivity contribution < 1.29 is 4.39 Å². The molecule has 0 aromatic heterocycles. The van der Waals surface area contributed by atoms with Gasteiger partial charge in [0.1, 0.15) is 6.67 Å². The molecule has 0 unspecified atom stereocenters. The standard InChI is InChI=1S/C18H37FS2/c1-5-7-9-11-13-17(14-12-10-8-6-2)18(15-19)21-20-16(3)4/h16-18H,5-15H2,1-4H3/t18-/m0/s1. The molecule has 128 valence electrons. The Bertz CT molecular complexity index is 197. The zero-order valence-corrected chi connectivity index (χ0v) is 16.3. The van der Waals surface area contributed by atoms with E-state index in [1.165, 1.54) is 64.2 Å². The van der Waals surface area contributed by atoms with Crippen molar-refractivity contribution in [3.05, 3.63) is 0 Å². The third-order valence-corrected chi connectivity index (χ3v) is 7.39. The van der Waals surface area contributed by atoms with Crippen molar-refractivity contribution in [3.63, 3.8) is 0 Å². The highest BCUT2D eigenvalue weighted by Gasteiger charge is 2.22. The van der Waals surface area contributed by atoms with E-state index in [0.717, 1.165) is 0 Å². The molecule has 1 atom stereocenters. The molecule has 0 N–H and O–H groups in total. The van der Waals surface area contributed by atoms with Crippen LogP contribution in [0, 0.1) is 5.92 Å². The summed E-state index contributed by atoms with van der Waals surface area (Å²) in [4.78, 5) is 0. The van der Waals surface area contributed by atoms with E-state index in [1.54, 1.807) is 10.8 Å². The molecule has 0 spiro atoms. The molecule has 0 aliphatic rings. The van der Waals surface area contributed by atoms with Crippen molar-refractivity contribution in [3.8, 4) is 0 Å². The number of halogens is 1. The maximum Gasteiger partial charge on any atom is 0.102 e. The minimum atomic E-state index is -0.156. The topological polar surface area (TPSA) is 0 Å². The Morgan fingerprint density at radius 1 is 0.762 bits per heavy atom.